The monoisotopic (exact) mass is 240 g/mol. The molecule has 1 fully saturated rings. The standard InChI is InChI=1S/C14H28N2O/c1-3-4-5-6-7-8-12(2)16-13-9-10-14(17)15-11-13/h12-13,16H,3-11H2,1-2H3,(H,15,17). The van der Waals surface area contributed by atoms with E-state index >= 15 is 0 Å². The Labute approximate surface area is 106 Å². The lowest BCUT2D eigenvalue weighted by Gasteiger charge is -2.27. The number of hydrogen-bond acceptors (Lipinski definition) is 2. The van der Waals surface area contributed by atoms with Crippen LogP contribution in [0.15, 0.2) is 0 Å². The van der Waals surface area contributed by atoms with Crippen molar-refractivity contribution < 1.29 is 4.79 Å². The quantitative estimate of drug-likeness (QED) is 0.640. The SMILES string of the molecule is CCCCCCCC(C)NC1CCC(=O)NC1. The number of nitrogens with one attached hydrogen (secondary N) is 2. The molecule has 0 aromatic heterocycles. The van der Waals surface area contributed by atoms with Crippen LogP contribution in [0, 0.1) is 0 Å². The lowest BCUT2D eigenvalue weighted by Crippen LogP contribution is -2.48. The van der Waals surface area contributed by atoms with Gasteiger partial charge >= 0.3 is 0 Å². The van der Waals surface area contributed by atoms with Crippen molar-refractivity contribution in [2.45, 2.75) is 77.3 Å². The number of carbonyl (C=O) groups is 1. The molecule has 2 unspecified atom stereocenters. The molecule has 0 saturated carbocycles. The highest BCUT2D eigenvalue weighted by Gasteiger charge is 2.18. The van der Waals surface area contributed by atoms with Crippen molar-refractivity contribution in [3.8, 4) is 0 Å². The Morgan fingerprint density at radius 2 is 2.12 bits per heavy atom. The normalized spacial score (nSPS) is 22.2. The van der Waals surface area contributed by atoms with Crippen LogP contribution in [-0.4, -0.2) is 24.5 Å². The molecule has 0 spiro atoms. The highest BCUT2D eigenvalue weighted by atomic mass is 16.1. The van der Waals surface area contributed by atoms with Crippen LogP contribution in [0.5, 0.6) is 0 Å². The molecule has 1 saturated heterocycles. The smallest absolute Gasteiger partial charge is 0.220 e. The second-order valence-electron chi connectivity index (χ2n) is 5.31. The molecule has 2 N–H and O–H groups in total. The Hall–Kier alpha value is -0.570. The zero-order valence-electron chi connectivity index (χ0n) is 11.4. The van der Waals surface area contributed by atoms with Crippen molar-refractivity contribution in [1.82, 2.24) is 10.6 Å². The number of rotatable bonds is 8. The van der Waals surface area contributed by atoms with E-state index in [0.717, 1.165) is 13.0 Å². The summed E-state index contributed by atoms with van der Waals surface area (Å²) in [7, 11) is 0. The maximum atomic E-state index is 11.0. The summed E-state index contributed by atoms with van der Waals surface area (Å²) < 4.78 is 0. The van der Waals surface area contributed by atoms with Gasteiger partial charge in [0, 0.05) is 25.0 Å². The first-order valence-corrected chi connectivity index (χ1v) is 7.25. The lowest BCUT2D eigenvalue weighted by atomic mass is 10.0. The first kappa shape index (κ1) is 14.5. The number of unbranched alkanes of at least 4 members (excludes halogenated alkanes) is 4. The number of piperidine rings is 1. The predicted molar refractivity (Wildman–Crippen MR) is 72.0 cm³/mol. The Balaban J connectivity index is 2.00. The van der Waals surface area contributed by atoms with Gasteiger partial charge in [0.15, 0.2) is 0 Å². The summed E-state index contributed by atoms with van der Waals surface area (Å²) in [5, 5.41) is 6.54. The van der Waals surface area contributed by atoms with Gasteiger partial charge in [-0.2, -0.15) is 0 Å². The van der Waals surface area contributed by atoms with Crippen LogP contribution in [0.3, 0.4) is 0 Å². The summed E-state index contributed by atoms with van der Waals surface area (Å²) in [6.45, 7) is 5.32. The van der Waals surface area contributed by atoms with Gasteiger partial charge in [0.2, 0.25) is 5.91 Å². The molecule has 0 aromatic carbocycles. The fourth-order valence-corrected chi connectivity index (χ4v) is 2.41. The molecule has 1 aliphatic rings. The first-order chi connectivity index (χ1) is 8.22. The molecule has 1 heterocycles. The summed E-state index contributed by atoms with van der Waals surface area (Å²) >= 11 is 0. The van der Waals surface area contributed by atoms with Crippen LogP contribution in [0.2, 0.25) is 0 Å². The van der Waals surface area contributed by atoms with E-state index in [0.29, 0.717) is 18.5 Å². The first-order valence-electron chi connectivity index (χ1n) is 7.25. The topological polar surface area (TPSA) is 41.1 Å². The van der Waals surface area contributed by atoms with E-state index in [2.05, 4.69) is 24.5 Å². The molecule has 3 nitrogen and oxygen atoms in total. The van der Waals surface area contributed by atoms with Crippen LogP contribution < -0.4 is 10.6 Å². The Morgan fingerprint density at radius 3 is 2.76 bits per heavy atom. The van der Waals surface area contributed by atoms with Crippen LogP contribution in [0.25, 0.3) is 0 Å². The van der Waals surface area contributed by atoms with Gasteiger partial charge in [-0.15, -0.1) is 0 Å². The summed E-state index contributed by atoms with van der Waals surface area (Å²) in [6, 6.07) is 1.06. The minimum absolute atomic E-state index is 0.204. The van der Waals surface area contributed by atoms with Crippen molar-refractivity contribution >= 4 is 5.91 Å². The van der Waals surface area contributed by atoms with Crippen LogP contribution in [0.1, 0.15) is 65.2 Å². The molecule has 0 aromatic rings. The van der Waals surface area contributed by atoms with Gasteiger partial charge in [0.25, 0.3) is 0 Å². The summed E-state index contributed by atoms with van der Waals surface area (Å²) in [4.78, 5) is 11.0. The molecular formula is C14H28N2O. The van der Waals surface area contributed by atoms with Crippen molar-refractivity contribution in [3.63, 3.8) is 0 Å². The summed E-state index contributed by atoms with van der Waals surface area (Å²) in [6.07, 6.45) is 9.68. The van der Waals surface area contributed by atoms with Crippen LogP contribution in [-0.2, 0) is 4.79 Å². The number of carbonyl (C=O) groups excluding carboxylic acids is 1. The molecule has 0 radical (unpaired) electrons. The minimum atomic E-state index is 0.204. The largest absolute Gasteiger partial charge is 0.355 e. The van der Waals surface area contributed by atoms with Crippen molar-refractivity contribution in [2.75, 3.05) is 6.54 Å². The Kier molecular flexibility index (Phi) is 7.25. The zero-order valence-corrected chi connectivity index (χ0v) is 11.4. The molecule has 0 bridgehead atoms. The minimum Gasteiger partial charge on any atom is -0.355 e. The molecule has 1 rings (SSSR count). The van der Waals surface area contributed by atoms with E-state index < -0.39 is 0 Å². The Bertz CT molecular complexity index is 208. The van der Waals surface area contributed by atoms with Gasteiger partial charge in [0.1, 0.15) is 0 Å². The van der Waals surface area contributed by atoms with Gasteiger partial charge in [-0.1, -0.05) is 39.0 Å². The highest BCUT2D eigenvalue weighted by Crippen LogP contribution is 2.09. The second kappa shape index (κ2) is 8.51. The number of hydrogen-bond donors (Lipinski definition) is 2. The molecule has 17 heavy (non-hydrogen) atoms. The van der Waals surface area contributed by atoms with E-state index in [1.165, 1.54) is 38.5 Å². The van der Waals surface area contributed by atoms with Crippen molar-refractivity contribution in [3.05, 3.63) is 0 Å². The van der Waals surface area contributed by atoms with Gasteiger partial charge in [-0.05, 0) is 19.8 Å². The molecule has 3 heteroatoms. The fraction of sp³-hybridized carbons (Fsp3) is 0.929. The molecule has 1 amide bonds. The zero-order chi connectivity index (χ0) is 12.5. The molecule has 100 valence electrons. The van der Waals surface area contributed by atoms with Crippen LogP contribution >= 0.6 is 0 Å². The predicted octanol–water partition coefficient (Wildman–Crippen LogP) is 2.60. The van der Waals surface area contributed by atoms with E-state index in [4.69, 9.17) is 0 Å². The van der Waals surface area contributed by atoms with Gasteiger partial charge < -0.3 is 10.6 Å². The lowest BCUT2D eigenvalue weighted by molar-refractivity contribution is -0.122. The summed E-state index contributed by atoms with van der Waals surface area (Å²) in [5.41, 5.74) is 0. The third-order valence-corrected chi connectivity index (χ3v) is 3.53. The maximum Gasteiger partial charge on any atom is 0.220 e. The fourth-order valence-electron chi connectivity index (χ4n) is 2.41. The Morgan fingerprint density at radius 1 is 1.35 bits per heavy atom. The molecule has 2 atom stereocenters. The average molecular weight is 240 g/mol. The molecular weight excluding hydrogens is 212 g/mol. The van der Waals surface area contributed by atoms with Crippen LogP contribution in [0.4, 0.5) is 0 Å². The third-order valence-electron chi connectivity index (χ3n) is 3.53. The second-order valence-corrected chi connectivity index (χ2v) is 5.31. The van der Waals surface area contributed by atoms with E-state index in [-0.39, 0.29) is 5.91 Å². The van der Waals surface area contributed by atoms with Gasteiger partial charge in [-0.25, -0.2) is 0 Å². The highest BCUT2D eigenvalue weighted by molar-refractivity contribution is 5.76. The molecule has 0 aliphatic carbocycles. The average Bonchev–Trinajstić information content (AvgIpc) is 2.32. The van der Waals surface area contributed by atoms with Gasteiger partial charge in [-0.3, -0.25) is 4.79 Å². The summed E-state index contributed by atoms with van der Waals surface area (Å²) in [5.74, 6) is 0.204. The van der Waals surface area contributed by atoms with E-state index in [9.17, 15) is 4.79 Å². The third kappa shape index (κ3) is 6.67. The molecule has 1 aliphatic heterocycles. The maximum absolute atomic E-state index is 11.0. The van der Waals surface area contributed by atoms with E-state index in [1.807, 2.05) is 0 Å². The van der Waals surface area contributed by atoms with Gasteiger partial charge in [0.05, 0.1) is 0 Å². The number of amides is 1. The van der Waals surface area contributed by atoms with Crippen molar-refractivity contribution in [2.24, 2.45) is 0 Å². The van der Waals surface area contributed by atoms with E-state index in [1.54, 1.807) is 0 Å². The van der Waals surface area contributed by atoms with Crippen molar-refractivity contribution in [1.29, 1.82) is 0 Å².